The Bertz CT molecular complexity index is 435. The van der Waals surface area contributed by atoms with Gasteiger partial charge in [0.05, 0.1) is 10.6 Å². The van der Waals surface area contributed by atoms with Gasteiger partial charge < -0.3 is 15.4 Å². The Balaban J connectivity index is 1.82. The van der Waals surface area contributed by atoms with Crippen LogP contribution in [0.25, 0.3) is 0 Å². The summed E-state index contributed by atoms with van der Waals surface area (Å²) in [6.45, 7) is 3.60. The highest BCUT2D eigenvalue weighted by atomic mass is 79.9. The Hall–Kier alpha value is -0.720. The quantitative estimate of drug-likeness (QED) is 0.835. The normalized spacial score (nSPS) is 18.7. The molecule has 0 radical (unpaired) electrons. The van der Waals surface area contributed by atoms with E-state index >= 15 is 0 Å². The van der Waals surface area contributed by atoms with Crippen LogP contribution < -0.4 is 10.6 Å². The molecule has 1 atom stereocenters. The van der Waals surface area contributed by atoms with Crippen molar-refractivity contribution >= 4 is 39.1 Å². The molecule has 1 fully saturated rings. The molecule has 2 rings (SSSR count). The minimum Gasteiger partial charge on any atom is -0.376 e. The van der Waals surface area contributed by atoms with Crippen molar-refractivity contribution in [3.63, 3.8) is 0 Å². The number of pyridine rings is 1. The maximum absolute atomic E-state index is 5.52. The van der Waals surface area contributed by atoms with E-state index in [1.54, 1.807) is 6.20 Å². The largest absolute Gasteiger partial charge is 0.376 e. The summed E-state index contributed by atoms with van der Waals surface area (Å²) in [5.41, 5.74) is 1.10. The van der Waals surface area contributed by atoms with Crippen molar-refractivity contribution in [1.82, 2.24) is 10.3 Å². The lowest BCUT2D eigenvalue weighted by molar-refractivity contribution is 0.114. The van der Waals surface area contributed by atoms with Crippen molar-refractivity contribution in [1.29, 1.82) is 0 Å². The molecule has 0 spiro atoms. The van der Waals surface area contributed by atoms with Crippen LogP contribution in [0.3, 0.4) is 0 Å². The number of thiocarbonyl (C=S) groups is 1. The standard InChI is InChI=1S/C12H16BrN3OS/c1-8-5-10(13)11(14-6-8)16-12(18)15-7-9-3-2-4-17-9/h5-6,9H,2-4,7H2,1H3,(H2,14,15,16,18)/t9-/m1/s1. The van der Waals surface area contributed by atoms with Crippen LogP contribution in [0.15, 0.2) is 16.7 Å². The lowest BCUT2D eigenvalue weighted by atomic mass is 10.2. The van der Waals surface area contributed by atoms with Crippen LogP contribution in [0.1, 0.15) is 18.4 Å². The molecule has 2 N–H and O–H groups in total. The first-order valence-corrected chi connectivity index (χ1v) is 7.14. The lowest BCUT2D eigenvalue weighted by Gasteiger charge is -2.14. The highest BCUT2D eigenvalue weighted by Crippen LogP contribution is 2.20. The zero-order valence-electron chi connectivity index (χ0n) is 10.2. The summed E-state index contributed by atoms with van der Waals surface area (Å²) < 4.78 is 6.42. The first kappa shape index (κ1) is 13.7. The molecule has 1 aromatic heterocycles. The predicted octanol–water partition coefficient (Wildman–Crippen LogP) is 2.62. The van der Waals surface area contributed by atoms with Gasteiger partial charge in [-0.1, -0.05) is 0 Å². The zero-order valence-corrected chi connectivity index (χ0v) is 12.6. The summed E-state index contributed by atoms with van der Waals surface area (Å²) in [6.07, 6.45) is 4.31. The van der Waals surface area contributed by atoms with Crippen molar-refractivity contribution in [3.05, 3.63) is 22.3 Å². The third kappa shape index (κ3) is 3.90. The van der Waals surface area contributed by atoms with E-state index in [0.29, 0.717) is 5.11 Å². The van der Waals surface area contributed by atoms with Crippen LogP contribution in [0.2, 0.25) is 0 Å². The van der Waals surface area contributed by atoms with Gasteiger partial charge in [0, 0.05) is 19.3 Å². The van der Waals surface area contributed by atoms with Crippen molar-refractivity contribution < 1.29 is 4.74 Å². The fraction of sp³-hybridized carbons (Fsp3) is 0.500. The lowest BCUT2D eigenvalue weighted by Crippen LogP contribution is -2.35. The number of nitrogens with one attached hydrogen (secondary N) is 2. The minimum atomic E-state index is 0.277. The molecule has 1 aliphatic rings. The molecular formula is C12H16BrN3OS. The first-order chi connectivity index (χ1) is 8.65. The zero-order chi connectivity index (χ0) is 13.0. The minimum absolute atomic E-state index is 0.277. The van der Waals surface area contributed by atoms with E-state index < -0.39 is 0 Å². The number of aryl methyl sites for hydroxylation is 1. The summed E-state index contributed by atoms with van der Waals surface area (Å²) in [4.78, 5) is 4.28. The number of rotatable bonds is 3. The second-order valence-electron chi connectivity index (χ2n) is 4.31. The maximum atomic E-state index is 5.52. The number of halogens is 1. The molecule has 0 unspecified atom stereocenters. The molecule has 1 aliphatic heterocycles. The summed E-state index contributed by atoms with van der Waals surface area (Å²) in [6, 6.07) is 2.00. The number of hydrogen-bond donors (Lipinski definition) is 2. The third-order valence-corrected chi connectivity index (χ3v) is 3.58. The molecular weight excluding hydrogens is 314 g/mol. The van der Waals surface area contributed by atoms with Gasteiger partial charge in [0.2, 0.25) is 0 Å². The van der Waals surface area contributed by atoms with E-state index in [2.05, 4.69) is 31.5 Å². The van der Waals surface area contributed by atoms with Gasteiger partial charge >= 0.3 is 0 Å². The summed E-state index contributed by atoms with van der Waals surface area (Å²) in [5.74, 6) is 0.727. The Morgan fingerprint density at radius 2 is 2.50 bits per heavy atom. The van der Waals surface area contributed by atoms with Crippen LogP contribution in [-0.2, 0) is 4.74 Å². The molecule has 1 saturated heterocycles. The Morgan fingerprint density at radius 1 is 1.67 bits per heavy atom. The molecule has 0 saturated carbocycles. The Morgan fingerprint density at radius 3 is 3.17 bits per heavy atom. The molecule has 0 amide bonds. The van der Waals surface area contributed by atoms with E-state index in [1.165, 1.54) is 0 Å². The van der Waals surface area contributed by atoms with Crippen LogP contribution in [0.4, 0.5) is 5.82 Å². The third-order valence-electron chi connectivity index (χ3n) is 2.72. The monoisotopic (exact) mass is 329 g/mol. The summed E-state index contributed by atoms with van der Waals surface area (Å²) >= 11 is 8.68. The Labute approximate surface area is 121 Å². The fourth-order valence-corrected chi connectivity index (χ4v) is 2.53. The number of ether oxygens (including phenoxy) is 1. The summed E-state index contributed by atoms with van der Waals surface area (Å²) in [5, 5.41) is 6.79. The summed E-state index contributed by atoms with van der Waals surface area (Å²) in [7, 11) is 0. The number of aromatic nitrogens is 1. The molecule has 6 heteroatoms. The van der Waals surface area contributed by atoms with E-state index in [4.69, 9.17) is 17.0 Å². The van der Waals surface area contributed by atoms with Gasteiger partial charge in [0.25, 0.3) is 0 Å². The van der Waals surface area contributed by atoms with Crippen LogP contribution in [0.5, 0.6) is 0 Å². The van der Waals surface area contributed by atoms with Crippen molar-refractivity contribution in [2.24, 2.45) is 0 Å². The van der Waals surface area contributed by atoms with Gasteiger partial charge in [-0.25, -0.2) is 4.98 Å². The smallest absolute Gasteiger partial charge is 0.172 e. The first-order valence-electron chi connectivity index (χ1n) is 5.94. The molecule has 98 valence electrons. The predicted molar refractivity (Wildman–Crippen MR) is 79.9 cm³/mol. The van der Waals surface area contributed by atoms with Crippen molar-refractivity contribution in [2.75, 3.05) is 18.5 Å². The number of anilines is 1. The number of nitrogens with zero attached hydrogens (tertiary/aromatic N) is 1. The number of hydrogen-bond acceptors (Lipinski definition) is 3. The highest BCUT2D eigenvalue weighted by Gasteiger charge is 2.15. The van der Waals surface area contributed by atoms with Crippen LogP contribution >= 0.6 is 28.1 Å². The average molecular weight is 330 g/mol. The topological polar surface area (TPSA) is 46.2 Å². The fourth-order valence-electron chi connectivity index (χ4n) is 1.79. The van der Waals surface area contributed by atoms with Gasteiger partial charge in [-0.2, -0.15) is 0 Å². The van der Waals surface area contributed by atoms with Gasteiger partial charge in [-0.3, -0.25) is 0 Å². The molecule has 0 aromatic carbocycles. The van der Waals surface area contributed by atoms with E-state index in [0.717, 1.165) is 41.8 Å². The second kappa shape index (κ2) is 6.45. The van der Waals surface area contributed by atoms with Crippen molar-refractivity contribution in [2.45, 2.75) is 25.9 Å². The Kier molecular flexibility index (Phi) is 4.91. The van der Waals surface area contributed by atoms with Crippen LogP contribution in [-0.4, -0.2) is 29.4 Å². The van der Waals surface area contributed by atoms with Gasteiger partial charge in [0.1, 0.15) is 5.82 Å². The molecule has 4 nitrogen and oxygen atoms in total. The van der Waals surface area contributed by atoms with Gasteiger partial charge in [-0.05, 0) is 59.5 Å². The molecule has 0 bridgehead atoms. The molecule has 18 heavy (non-hydrogen) atoms. The van der Waals surface area contributed by atoms with Crippen LogP contribution in [0, 0.1) is 6.92 Å². The van der Waals surface area contributed by atoms with E-state index in [1.807, 2.05) is 13.0 Å². The molecule has 0 aliphatic carbocycles. The van der Waals surface area contributed by atoms with Gasteiger partial charge in [-0.15, -0.1) is 0 Å². The SMILES string of the molecule is Cc1cnc(NC(=S)NC[C@H]2CCCO2)c(Br)c1. The second-order valence-corrected chi connectivity index (χ2v) is 5.58. The van der Waals surface area contributed by atoms with E-state index in [9.17, 15) is 0 Å². The molecule has 2 heterocycles. The maximum Gasteiger partial charge on any atom is 0.172 e. The van der Waals surface area contributed by atoms with E-state index in [-0.39, 0.29) is 6.10 Å². The molecule has 1 aromatic rings. The van der Waals surface area contributed by atoms with Crippen molar-refractivity contribution in [3.8, 4) is 0 Å². The average Bonchev–Trinajstić information content (AvgIpc) is 2.83. The van der Waals surface area contributed by atoms with Gasteiger partial charge in [0.15, 0.2) is 5.11 Å². The highest BCUT2D eigenvalue weighted by molar-refractivity contribution is 9.10.